The third kappa shape index (κ3) is 4.74. The Balaban J connectivity index is 1.55. The summed E-state index contributed by atoms with van der Waals surface area (Å²) in [5.74, 6) is -0.502. The van der Waals surface area contributed by atoms with Crippen molar-refractivity contribution in [2.45, 2.75) is 25.8 Å². The number of rotatable bonds is 6. The number of aliphatic hydroxyl groups excluding tert-OH is 1. The maximum atomic E-state index is 13.7. The number of β-amino-alcohol motifs (C(OH)–C–C–N with tert-alkyl or cyclic N) is 1. The van der Waals surface area contributed by atoms with Crippen molar-refractivity contribution in [2.24, 2.45) is 0 Å². The maximum absolute atomic E-state index is 13.7. The number of carbonyl (C=O) groups excluding carboxylic acids is 3. The number of benzene rings is 1. The molecule has 3 aliphatic rings. The van der Waals surface area contributed by atoms with Gasteiger partial charge in [0.05, 0.1) is 18.8 Å². The summed E-state index contributed by atoms with van der Waals surface area (Å²) < 4.78 is 5.09. The van der Waals surface area contributed by atoms with Crippen molar-refractivity contribution in [1.82, 2.24) is 19.6 Å². The summed E-state index contributed by atoms with van der Waals surface area (Å²) in [6, 6.07) is 9.13. The number of aliphatic hydroxyl groups is 1. The van der Waals surface area contributed by atoms with Crippen LogP contribution in [-0.2, 0) is 14.3 Å². The van der Waals surface area contributed by atoms with E-state index in [0.29, 0.717) is 63.4 Å². The number of piperazine rings is 1. The molecule has 9 heteroatoms. The molecular weight excluding hydrogens is 424 g/mol. The molecule has 3 heterocycles. The van der Waals surface area contributed by atoms with Gasteiger partial charge in [0.2, 0.25) is 0 Å². The van der Waals surface area contributed by atoms with Gasteiger partial charge < -0.3 is 19.6 Å². The van der Waals surface area contributed by atoms with Gasteiger partial charge in [0.1, 0.15) is 5.70 Å². The number of hydrogen-bond donors (Lipinski definition) is 1. The van der Waals surface area contributed by atoms with E-state index in [1.807, 2.05) is 35.2 Å². The lowest BCUT2D eigenvalue weighted by atomic mass is 10.0. The van der Waals surface area contributed by atoms with E-state index in [0.717, 1.165) is 18.7 Å². The summed E-state index contributed by atoms with van der Waals surface area (Å²) in [6.07, 6.45) is 0.728. The molecule has 3 aliphatic heterocycles. The minimum atomic E-state index is -0.348. The molecule has 178 valence electrons. The molecule has 0 spiro atoms. The normalized spacial score (nSPS) is 20.7. The highest BCUT2D eigenvalue weighted by atomic mass is 16.6. The molecular formula is C24H32N4O5. The first-order valence-corrected chi connectivity index (χ1v) is 11.7. The van der Waals surface area contributed by atoms with Crippen LogP contribution < -0.4 is 0 Å². The first-order chi connectivity index (χ1) is 16.0. The molecule has 0 atom stereocenters. The van der Waals surface area contributed by atoms with Crippen molar-refractivity contribution < 1.29 is 24.2 Å². The number of hydrogen-bond acceptors (Lipinski definition) is 7. The lowest BCUT2D eigenvalue weighted by molar-refractivity contribution is -0.141. The van der Waals surface area contributed by atoms with Crippen molar-refractivity contribution in [2.75, 3.05) is 59.0 Å². The van der Waals surface area contributed by atoms with Crippen LogP contribution in [0.1, 0.15) is 25.3 Å². The summed E-state index contributed by atoms with van der Waals surface area (Å²) in [6.45, 7) is 6.42. The minimum absolute atomic E-state index is 0.105. The molecule has 2 saturated heterocycles. The third-order valence-electron chi connectivity index (χ3n) is 6.61. The van der Waals surface area contributed by atoms with Crippen LogP contribution in [0.15, 0.2) is 36.0 Å². The highest BCUT2D eigenvalue weighted by Gasteiger charge is 2.46. The van der Waals surface area contributed by atoms with Gasteiger partial charge in [-0.1, -0.05) is 30.3 Å². The zero-order valence-electron chi connectivity index (χ0n) is 19.1. The van der Waals surface area contributed by atoms with Crippen LogP contribution in [-0.4, -0.2) is 108 Å². The Hall–Kier alpha value is -2.91. The number of ether oxygens (including phenoxy) is 1. The van der Waals surface area contributed by atoms with Gasteiger partial charge in [-0.25, -0.2) is 4.79 Å². The highest BCUT2D eigenvalue weighted by Crippen LogP contribution is 2.35. The van der Waals surface area contributed by atoms with Gasteiger partial charge in [0.15, 0.2) is 0 Å². The Morgan fingerprint density at radius 1 is 1.00 bits per heavy atom. The largest absolute Gasteiger partial charge is 0.450 e. The Morgan fingerprint density at radius 2 is 1.67 bits per heavy atom. The van der Waals surface area contributed by atoms with Crippen LogP contribution in [0.5, 0.6) is 0 Å². The standard InChI is InChI=1S/C24H32N4O5/c1-2-33-24(32)27-10-8-19(9-11-27)28-22(30)20(18-6-4-3-5-7-18)21(23(28)31)26-14-12-25(13-15-26)16-17-29/h3-7,19,29H,2,8-17H2,1H3. The van der Waals surface area contributed by atoms with Gasteiger partial charge in [-0.2, -0.15) is 0 Å². The second-order valence-electron chi connectivity index (χ2n) is 8.54. The van der Waals surface area contributed by atoms with E-state index in [2.05, 4.69) is 4.90 Å². The van der Waals surface area contributed by atoms with E-state index in [4.69, 9.17) is 4.74 Å². The van der Waals surface area contributed by atoms with E-state index >= 15 is 0 Å². The molecule has 0 aromatic heterocycles. The second kappa shape index (κ2) is 10.4. The number of amides is 3. The molecule has 0 bridgehead atoms. The van der Waals surface area contributed by atoms with Crippen LogP contribution in [0, 0.1) is 0 Å². The lowest BCUT2D eigenvalue weighted by Gasteiger charge is -2.37. The van der Waals surface area contributed by atoms with Gasteiger partial charge >= 0.3 is 6.09 Å². The van der Waals surface area contributed by atoms with Crippen LogP contribution in [0.25, 0.3) is 5.57 Å². The molecule has 3 amide bonds. The Labute approximate surface area is 194 Å². The molecule has 9 nitrogen and oxygen atoms in total. The Kier molecular flexibility index (Phi) is 7.29. The second-order valence-corrected chi connectivity index (χ2v) is 8.54. The number of likely N-dealkylation sites (tertiary alicyclic amines) is 1. The quantitative estimate of drug-likeness (QED) is 0.639. The molecule has 0 radical (unpaired) electrons. The van der Waals surface area contributed by atoms with Gasteiger partial charge in [-0.15, -0.1) is 0 Å². The van der Waals surface area contributed by atoms with E-state index in [1.54, 1.807) is 11.8 Å². The molecule has 2 fully saturated rings. The van der Waals surface area contributed by atoms with Gasteiger partial charge in [0, 0.05) is 51.9 Å². The predicted octanol–water partition coefficient (Wildman–Crippen LogP) is 0.997. The fourth-order valence-corrected chi connectivity index (χ4v) is 4.88. The van der Waals surface area contributed by atoms with E-state index in [1.165, 1.54) is 4.90 Å². The predicted molar refractivity (Wildman–Crippen MR) is 122 cm³/mol. The van der Waals surface area contributed by atoms with Crippen LogP contribution in [0.3, 0.4) is 0 Å². The first-order valence-electron chi connectivity index (χ1n) is 11.7. The van der Waals surface area contributed by atoms with Crippen molar-refractivity contribution in [3.8, 4) is 0 Å². The van der Waals surface area contributed by atoms with Crippen LogP contribution in [0.4, 0.5) is 4.79 Å². The minimum Gasteiger partial charge on any atom is -0.450 e. The van der Waals surface area contributed by atoms with E-state index in [-0.39, 0.29) is 30.6 Å². The SMILES string of the molecule is CCOC(=O)N1CCC(N2C(=O)C(c3ccccc3)=C(N3CCN(CCO)CC3)C2=O)CC1. The van der Waals surface area contributed by atoms with Crippen LogP contribution in [0.2, 0.25) is 0 Å². The zero-order valence-corrected chi connectivity index (χ0v) is 19.1. The number of imide groups is 1. The number of carbonyl (C=O) groups is 3. The first kappa shape index (κ1) is 23.3. The fraction of sp³-hybridized carbons (Fsp3) is 0.542. The molecule has 0 unspecified atom stereocenters. The summed E-state index contributed by atoms with van der Waals surface area (Å²) in [5, 5.41) is 9.22. The summed E-state index contributed by atoms with van der Waals surface area (Å²) in [4.78, 5) is 46.6. The van der Waals surface area contributed by atoms with Crippen molar-refractivity contribution in [1.29, 1.82) is 0 Å². The van der Waals surface area contributed by atoms with E-state index in [9.17, 15) is 19.5 Å². The average molecular weight is 457 g/mol. The van der Waals surface area contributed by atoms with E-state index < -0.39 is 0 Å². The molecule has 0 saturated carbocycles. The number of piperidine rings is 1. The molecule has 0 aliphatic carbocycles. The topological polar surface area (TPSA) is 93.6 Å². The van der Waals surface area contributed by atoms with Gasteiger partial charge in [-0.05, 0) is 25.3 Å². The van der Waals surface area contributed by atoms with Gasteiger partial charge in [0.25, 0.3) is 11.8 Å². The average Bonchev–Trinajstić information content (AvgIpc) is 3.10. The summed E-state index contributed by atoms with van der Waals surface area (Å²) in [5.41, 5.74) is 1.68. The van der Waals surface area contributed by atoms with Gasteiger partial charge in [-0.3, -0.25) is 19.4 Å². The molecule has 1 N–H and O–H groups in total. The summed E-state index contributed by atoms with van der Waals surface area (Å²) in [7, 11) is 0. The third-order valence-corrected chi connectivity index (χ3v) is 6.61. The summed E-state index contributed by atoms with van der Waals surface area (Å²) >= 11 is 0. The molecule has 4 rings (SSSR count). The number of nitrogens with zero attached hydrogens (tertiary/aromatic N) is 4. The van der Waals surface area contributed by atoms with Crippen molar-refractivity contribution in [3.63, 3.8) is 0 Å². The smallest absolute Gasteiger partial charge is 0.409 e. The molecule has 1 aromatic rings. The monoisotopic (exact) mass is 456 g/mol. The lowest BCUT2D eigenvalue weighted by Crippen LogP contribution is -2.51. The molecule has 33 heavy (non-hydrogen) atoms. The Morgan fingerprint density at radius 3 is 2.27 bits per heavy atom. The molecule has 1 aromatic carbocycles. The fourth-order valence-electron chi connectivity index (χ4n) is 4.88. The maximum Gasteiger partial charge on any atom is 0.409 e. The highest BCUT2D eigenvalue weighted by molar-refractivity contribution is 6.35. The van der Waals surface area contributed by atoms with Crippen molar-refractivity contribution in [3.05, 3.63) is 41.6 Å². The van der Waals surface area contributed by atoms with Crippen LogP contribution >= 0.6 is 0 Å². The zero-order chi connectivity index (χ0) is 23.4. The Bertz CT molecular complexity index is 903. The van der Waals surface area contributed by atoms with Crippen molar-refractivity contribution >= 4 is 23.5 Å².